The molecular weight excluding hydrogens is 158 g/mol. The Hall–Kier alpha value is -0.0400. The molecule has 0 radical (unpaired) electrons. The first-order valence-corrected chi connectivity index (χ1v) is 4.87. The molecule has 0 aliphatic heterocycles. The predicted octanol–water partition coefficient (Wildman–Crippen LogP) is 3.61. The van der Waals surface area contributed by atoms with Crippen molar-refractivity contribution in [2.24, 2.45) is 4.99 Å². The smallest absolute Gasteiger partial charge is 0.1000 e. The van der Waals surface area contributed by atoms with Crippen LogP contribution < -0.4 is 0 Å². The van der Waals surface area contributed by atoms with Crippen LogP contribution in [0.5, 0.6) is 0 Å². The van der Waals surface area contributed by atoms with Gasteiger partial charge in [-0.15, -0.1) is 0 Å². The van der Waals surface area contributed by atoms with Crippen LogP contribution in [-0.4, -0.2) is 11.7 Å². The van der Waals surface area contributed by atoms with E-state index in [-0.39, 0.29) is 0 Å². The van der Waals surface area contributed by atoms with E-state index in [0.29, 0.717) is 0 Å². The lowest BCUT2D eigenvalue weighted by Crippen LogP contribution is -1.87. The lowest BCUT2D eigenvalue weighted by Gasteiger charge is -1.95. The lowest BCUT2D eigenvalue weighted by atomic mass is 10.2. The Labute approximate surface area is 74.9 Å². The normalized spacial score (nSPS) is 12.1. The van der Waals surface area contributed by atoms with Crippen molar-refractivity contribution in [3.05, 3.63) is 0 Å². The summed E-state index contributed by atoms with van der Waals surface area (Å²) in [5.74, 6) is 0. The molecule has 0 unspecified atom stereocenters. The maximum atomic E-state index is 5.73. The molecule has 0 bridgehead atoms. The van der Waals surface area contributed by atoms with E-state index in [1.54, 1.807) is 0 Å². The van der Waals surface area contributed by atoms with Crippen LogP contribution in [0.15, 0.2) is 4.99 Å². The maximum absolute atomic E-state index is 5.73. The zero-order valence-electron chi connectivity index (χ0n) is 7.57. The quantitative estimate of drug-likeness (QED) is 0.432. The molecule has 1 nitrogen and oxygen atoms in total. The van der Waals surface area contributed by atoms with Gasteiger partial charge in [0.1, 0.15) is 0 Å². The number of hydrogen-bond donors (Lipinski definition) is 0. The molecule has 0 aliphatic carbocycles. The van der Waals surface area contributed by atoms with Gasteiger partial charge in [-0.2, -0.15) is 0 Å². The SMILES string of the molecule is CCCCCCN=C(Cl)CC. The minimum Gasteiger partial charge on any atom is -0.278 e. The molecule has 0 aromatic heterocycles. The number of nitrogens with zero attached hydrogens (tertiary/aromatic N) is 1. The van der Waals surface area contributed by atoms with Crippen molar-refractivity contribution >= 4 is 16.8 Å². The highest BCUT2D eigenvalue weighted by Gasteiger charge is 1.88. The van der Waals surface area contributed by atoms with Crippen molar-refractivity contribution in [2.75, 3.05) is 6.54 Å². The molecule has 0 saturated heterocycles. The summed E-state index contributed by atoms with van der Waals surface area (Å²) in [7, 11) is 0. The fourth-order valence-corrected chi connectivity index (χ4v) is 0.935. The minimum absolute atomic E-state index is 0.765. The van der Waals surface area contributed by atoms with Gasteiger partial charge in [0.25, 0.3) is 0 Å². The van der Waals surface area contributed by atoms with Crippen molar-refractivity contribution in [3.8, 4) is 0 Å². The summed E-state index contributed by atoms with van der Waals surface area (Å²) in [4.78, 5) is 4.20. The van der Waals surface area contributed by atoms with Gasteiger partial charge in [0.05, 0.1) is 5.17 Å². The van der Waals surface area contributed by atoms with E-state index < -0.39 is 0 Å². The molecule has 2 heteroatoms. The number of aliphatic imine (C=N–C) groups is 1. The van der Waals surface area contributed by atoms with E-state index in [2.05, 4.69) is 11.9 Å². The largest absolute Gasteiger partial charge is 0.278 e. The zero-order valence-corrected chi connectivity index (χ0v) is 8.32. The van der Waals surface area contributed by atoms with Gasteiger partial charge in [0, 0.05) is 6.54 Å². The molecular formula is C9H18ClN. The number of unbranched alkanes of at least 4 members (excludes halogenated alkanes) is 3. The molecule has 0 spiro atoms. The monoisotopic (exact) mass is 175 g/mol. The van der Waals surface area contributed by atoms with Gasteiger partial charge in [0.2, 0.25) is 0 Å². The third kappa shape index (κ3) is 7.86. The van der Waals surface area contributed by atoms with Crippen LogP contribution in [0.2, 0.25) is 0 Å². The molecule has 0 amide bonds. The van der Waals surface area contributed by atoms with E-state index in [1.165, 1.54) is 25.7 Å². The standard InChI is InChI=1S/C9H18ClN/c1-3-5-6-7-8-11-9(10)4-2/h3-8H2,1-2H3. The predicted molar refractivity (Wildman–Crippen MR) is 52.6 cm³/mol. The Morgan fingerprint density at radius 2 is 1.91 bits per heavy atom. The molecule has 0 saturated carbocycles. The summed E-state index contributed by atoms with van der Waals surface area (Å²) < 4.78 is 0. The van der Waals surface area contributed by atoms with Gasteiger partial charge in [-0.05, 0) is 12.8 Å². The highest BCUT2D eigenvalue weighted by atomic mass is 35.5. The van der Waals surface area contributed by atoms with Crippen molar-refractivity contribution < 1.29 is 0 Å². The van der Waals surface area contributed by atoms with E-state index in [4.69, 9.17) is 11.6 Å². The average Bonchev–Trinajstić information content (AvgIpc) is 2.04. The Balaban J connectivity index is 3.12. The summed E-state index contributed by atoms with van der Waals surface area (Å²) in [6.45, 7) is 5.15. The van der Waals surface area contributed by atoms with Gasteiger partial charge >= 0.3 is 0 Å². The summed E-state index contributed by atoms with van der Waals surface area (Å²) in [6, 6.07) is 0. The average molecular weight is 176 g/mol. The second-order valence-corrected chi connectivity index (χ2v) is 3.11. The summed E-state index contributed by atoms with van der Waals surface area (Å²) >= 11 is 5.73. The van der Waals surface area contributed by atoms with Crippen LogP contribution in [-0.2, 0) is 0 Å². The van der Waals surface area contributed by atoms with Gasteiger partial charge < -0.3 is 0 Å². The summed E-state index contributed by atoms with van der Waals surface area (Å²) in [6.07, 6.45) is 5.94. The van der Waals surface area contributed by atoms with E-state index in [0.717, 1.165) is 18.1 Å². The maximum Gasteiger partial charge on any atom is 0.1000 e. The van der Waals surface area contributed by atoms with E-state index >= 15 is 0 Å². The summed E-state index contributed by atoms with van der Waals surface area (Å²) in [5.41, 5.74) is 0. The number of hydrogen-bond acceptors (Lipinski definition) is 1. The molecule has 0 aromatic rings. The number of halogens is 1. The minimum atomic E-state index is 0.765. The fourth-order valence-electron chi connectivity index (χ4n) is 0.851. The van der Waals surface area contributed by atoms with Crippen molar-refractivity contribution in [1.82, 2.24) is 0 Å². The highest BCUT2D eigenvalue weighted by Crippen LogP contribution is 2.00. The molecule has 0 aromatic carbocycles. The van der Waals surface area contributed by atoms with Crippen LogP contribution in [0.3, 0.4) is 0 Å². The zero-order chi connectivity index (χ0) is 8.53. The first-order chi connectivity index (χ1) is 5.31. The van der Waals surface area contributed by atoms with Gasteiger partial charge in [-0.1, -0.05) is 44.7 Å². The molecule has 0 heterocycles. The van der Waals surface area contributed by atoms with E-state index in [1.807, 2.05) is 6.92 Å². The van der Waals surface area contributed by atoms with Crippen LogP contribution in [0, 0.1) is 0 Å². The third-order valence-corrected chi connectivity index (χ3v) is 1.97. The molecule has 0 atom stereocenters. The summed E-state index contributed by atoms with van der Waals surface area (Å²) in [5, 5.41) is 0.765. The Bertz CT molecular complexity index is 110. The first-order valence-electron chi connectivity index (χ1n) is 4.50. The first kappa shape index (κ1) is 11.0. The molecule has 0 N–H and O–H groups in total. The van der Waals surface area contributed by atoms with Gasteiger partial charge in [-0.25, -0.2) is 0 Å². The topological polar surface area (TPSA) is 12.4 Å². The second kappa shape index (κ2) is 8.06. The van der Waals surface area contributed by atoms with E-state index in [9.17, 15) is 0 Å². The van der Waals surface area contributed by atoms with Crippen LogP contribution in [0.25, 0.3) is 0 Å². The van der Waals surface area contributed by atoms with Gasteiger partial charge in [0.15, 0.2) is 0 Å². The van der Waals surface area contributed by atoms with Crippen molar-refractivity contribution in [3.63, 3.8) is 0 Å². The van der Waals surface area contributed by atoms with Crippen LogP contribution in [0.1, 0.15) is 46.0 Å². The Morgan fingerprint density at radius 1 is 1.18 bits per heavy atom. The van der Waals surface area contributed by atoms with Crippen molar-refractivity contribution in [2.45, 2.75) is 46.0 Å². The van der Waals surface area contributed by atoms with Crippen LogP contribution in [0.4, 0.5) is 0 Å². The molecule has 0 rings (SSSR count). The van der Waals surface area contributed by atoms with Gasteiger partial charge in [-0.3, -0.25) is 4.99 Å². The Kier molecular flexibility index (Phi) is 8.03. The molecule has 66 valence electrons. The molecule has 0 fully saturated rings. The third-order valence-electron chi connectivity index (χ3n) is 1.59. The highest BCUT2D eigenvalue weighted by molar-refractivity contribution is 6.65. The molecule has 0 aliphatic rings. The lowest BCUT2D eigenvalue weighted by molar-refractivity contribution is 0.675. The van der Waals surface area contributed by atoms with Crippen molar-refractivity contribution in [1.29, 1.82) is 0 Å². The van der Waals surface area contributed by atoms with Crippen LogP contribution >= 0.6 is 11.6 Å². The fraction of sp³-hybridized carbons (Fsp3) is 0.889. The molecule has 11 heavy (non-hydrogen) atoms. The Morgan fingerprint density at radius 3 is 2.45 bits per heavy atom. The number of rotatable bonds is 6. The second-order valence-electron chi connectivity index (χ2n) is 2.67.